The van der Waals surface area contributed by atoms with Crippen LogP contribution in [0.15, 0.2) is 0 Å². The largest absolute Gasteiger partial charge is 0.315 e. The van der Waals surface area contributed by atoms with Crippen LogP contribution in [0.2, 0.25) is 0 Å². The highest BCUT2D eigenvalue weighted by Crippen LogP contribution is 1.88. The molecule has 0 aromatic heterocycles. The van der Waals surface area contributed by atoms with Crippen molar-refractivity contribution in [1.82, 2.24) is 5.32 Å². The van der Waals surface area contributed by atoms with Gasteiger partial charge in [0.25, 0.3) is 0 Å². The fraction of sp³-hybridized carbons (Fsp3) is 0.667. The predicted octanol–water partition coefficient (Wildman–Crippen LogP) is 0.967. The van der Waals surface area contributed by atoms with Crippen LogP contribution in [-0.2, 0) is 4.79 Å². The summed E-state index contributed by atoms with van der Waals surface area (Å²) in [6, 6.07) is 0.482. The first-order valence-electron chi connectivity index (χ1n) is 3.89. The van der Waals surface area contributed by atoms with Crippen molar-refractivity contribution in [1.29, 1.82) is 0 Å². The lowest BCUT2D eigenvalue weighted by molar-refractivity contribution is -0.113. The van der Waals surface area contributed by atoms with Crippen LogP contribution in [0, 0.1) is 12.3 Å². The van der Waals surface area contributed by atoms with Crippen molar-refractivity contribution < 1.29 is 4.79 Å². The van der Waals surface area contributed by atoms with Crippen LogP contribution in [0.5, 0.6) is 0 Å². The third-order valence-electron chi connectivity index (χ3n) is 1.29. The van der Waals surface area contributed by atoms with E-state index >= 15 is 0 Å². The summed E-state index contributed by atoms with van der Waals surface area (Å²) in [5, 5.41) is 3.20. The summed E-state index contributed by atoms with van der Waals surface area (Å²) in [7, 11) is 0. The zero-order valence-electron chi connectivity index (χ0n) is 7.18. The second-order valence-electron chi connectivity index (χ2n) is 2.78. The van der Waals surface area contributed by atoms with Gasteiger partial charge in [-0.3, -0.25) is 4.79 Å². The van der Waals surface area contributed by atoms with Gasteiger partial charge in [0.05, 0.1) is 0 Å². The molecule has 0 radical (unpaired) electrons. The van der Waals surface area contributed by atoms with E-state index in [0.717, 1.165) is 13.0 Å². The molecule has 0 aliphatic carbocycles. The van der Waals surface area contributed by atoms with E-state index in [2.05, 4.69) is 25.1 Å². The summed E-state index contributed by atoms with van der Waals surface area (Å²) < 4.78 is 0. The first kappa shape index (κ1) is 10.2. The van der Waals surface area contributed by atoms with Crippen molar-refractivity contribution in [3.8, 4) is 12.3 Å². The van der Waals surface area contributed by atoms with E-state index in [4.69, 9.17) is 6.42 Å². The summed E-state index contributed by atoms with van der Waals surface area (Å²) in [5.74, 6) is 1.99. The Kier molecular flexibility index (Phi) is 5.50. The second-order valence-corrected chi connectivity index (χ2v) is 2.78. The van der Waals surface area contributed by atoms with Gasteiger partial charge >= 0.3 is 0 Å². The molecule has 0 saturated heterocycles. The first-order valence-corrected chi connectivity index (χ1v) is 3.89. The molecule has 0 heterocycles. The van der Waals surface area contributed by atoms with Crippen molar-refractivity contribution in [3.63, 3.8) is 0 Å². The van der Waals surface area contributed by atoms with Crippen LogP contribution < -0.4 is 5.32 Å². The van der Waals surface area contributed by atoms with E-state index in [1.54, 1.807) is 0 Å². The van der Waals surface area contributed by atoms with Crippen LogP contribution in [0.25, 0.3) is 0 Å². The lowest BCUT2D eigenvalue weighted by Gasteiger charge is -2.05. The smallest absolute Gasteiger partial charge is 0.205 e. The Hall–Kier alpha value is -0.810. The Labute approximate surface area is 68.4 Å². The molecule has 0 fully saturated rings. The maximum Gasteiger partial charge on any atom is 0.205 e. The van der Waals surface area contributed by atoms with E-state index in [0.29, 0.717) is 12.5 Å². The minimum Gasteiger partial charge on any atom is -0.315 e. The maximum absolute atomic E-state index is 10.6. The third kappa shape index (κ3) is 7.08. The quantitative estimate of drug-likeness (QED) is 0.362. The van der Waals surface area contributed by atoms with Crippen molar-refractivity contribution in [2.45, 2.75) is 32.7 Å². The maximum atomic E-state index is 10.6. The highest BCUT2D eigenvalue weighted by atomic mass is 16.1. The average Bonchev–Trinajstić information content (AvgIpc) is 1.97. The van der Waals surface area contributed by atoms with Gasteiger partial charge in [0.15, 0.2) is 0 Å². The molecule has 0 aliphatic heterocycles. The molecule has 2 nitrogen and oxygen atoms in total. The summed E-state index contributed by atoms with van der Waals surface area (Å²) in [6.45, 7) is 5.01. The Bertz CT molecular complexity index is 155. The summed E-state index contributed by atoms with van der Waals surface area (Å²) in [4.78, 5) is 10.6. The number of ketones is 1. The van der Waals surface area contributed by atoms with Gasteiger partial charge in [0, 0.05) is 12.5 Å². The minimum atomic E-state index is -0.101. The summed E-state index contributed by atoms with van der Waals surface area (Å²) >= 11 is 0. The van der Waals surface area contributed by atoms with E-state index in [1.807, 2.05) is 0 Å². The van der Waals surface area contributed by atoms with Crippen molar-refractivity contribution in [2.24, 2.45) is 0 Å². The van der Waals surface area contributed by atoms with Crippen LogP contribution >= 0.6 is 0 Å². The van der Waals surface area contributed by atoms with E-state index in [-0.39, 0.29) is 5.78 Å². The van der Waals surface area contributed by atoms with Crippen LogP contribution in [0.3, 0.4) is 0 Å². The molecular formula is C9H15NO. The molecule has 0 atom stereocenters. The van der Waals surface area contributed by atoms with Crippen LogP contribution in [0.1, 0.15) is 26.7 Å². The monoisotopic (exact) mass is 153 g/mol. The molecule has 0 spiro atoms. The van der Waals surface area contributed by atoms with Gasteiger partial charge in [0.2, 0.25) is 5.78 Å². The zero-order valence-corrected chi connectivity index (χ0v) is 7.18. The van der Waals surface area contributed by atoms with Crippen LogP contribution in [-0.4, -0.2) is 18.4 Å². The Morgan fingerprint density at radius 3 is 2.73 bits per heavy atom. The molecule has 0 aliphatic rings. The van der Waals surface area contributed by atoms with Gasteiger partial charge in [-0.05, 0) is 18.9 Å². The SMILES string of the molecule is C#CC(=O)CCCNC(C)C. The topological polar surface area (TPSA) is 29.1 Å². The normalized spacial score (nSPS) is 9.64. The van der Waals surface area contributed by atoms with Gasteiger partial charge in [-0.15, -0.1) is 6.42 Å². The Balaban J connectivity index is 3.16. The molecular weight excluding hydrogens is 138 g/mol. The van der Waals surface area contributed by atoms with E-state index < -0.39 is 0 Å². The first-order chi connectivity index (χ1) is 5.16. The number of carbonyl (C=O) groups is 1. The highest BCUT2D eigenvalue weighted by Gasteiger charge is 1.96. The van der Waals surface area contributed by atoms with Gasteiger partial charge in [-0.1, -0.05) is 13.8 Å². The predicted molar refractivity (Wildman–Crippen MR) is 46.2 cm³/mol. The highest BCUT2D eigenvalue weighted by molar-refractivity contribution is 5.94. The van der Waals surface area contributed by atoms with Gasteiger partial charge in [-0.2, -0.15) is 0 Å². The van der Waals surface area contributed by atoms with Crippen molar-refractivity contribution >= 4 is 5.78 Å². The number of terminal acetylenes is 1. The number of carbonyl (C=O) groups excluding carboxylic acids is 1. The number of Topliss-reactive ketones (excluding diaryl/α,β-unsaturated/α-hetero) is 1. The zero-order chi connectivity index (χ0) is 8.69. The van der Waals surface area contributed by atoms with Crippen molar-refractivity contribution in [2.75, 3.05) is 6.54 Å². The van der Waals surface area contributed by atoms with Gasteiger partial charge in [0.1, 0.15) is 0 Å². The molecule has 0 rings (SSSR count). The number of hydrogen-bond donors (Lipinski definition) is 1. The summed E-state index contributed by atoms with van der Waals surface area (Å²) in [5.41, 5.74) is 0. The fourth-order valence-corrected chi connectivity index (χ4v) is 0.712. The van der Waals surface area contributed by atoms with Crippen molar-refractivity contribution in [3.05, 3.63) is 0 Å². The second kappa shape index (κ2) is 5.94. The van der Waals surface area contributed by atoms with E-state index in [9.17, 15) is 4.79 Å². The van der Waals surface area contributed by atoms with E-state index in [1.165, 1.54) is 0 Å². The Morgan fingerprint density at radius 1 is 1.64 bits per heavy atom. The molecule has 0 aromatic rings. The lowest BCUT2D eigenvalue weighted by Crippen LogP contribution is -2.23. The number of nitrogens with one attached hydrogen (secondary N) is 1. The Morgan fingerprint density at radius 2 is 2.27 bits per heavy atom. The van der Waals surface area contributed by atoms with Crippen LogP contribution in [0.4, 0.5) is 0 Å². The number of hydrogen-bond acceptors (Lipinski definition) is 2. The molecule has 0 saturated carbocycles. The molecule has 62 valence electrons. The lowest BCUT2D eigenvalue weighted by atomic mass is 10.2. The molecule has 0 aromatic carbocycles. The van der Waals surface area contributed by atoms with Gasteiger partial charge in [-0.25, -0.2) is 0 Å². The summed E-state index contributed by atoms with van der Waals surface area (Å²) in [6.07, 6.45) is 6.22. The molecule has 0 unspecified atom stereocenters. The molecule has 1 N–H and O–H groups in total. The number of rotatable bonds is 5. The standard InChI is InChI=1S/C9H15NO/c1-4-9(11)6-5-7-10-8(2)3/h1,8,10H,5-7H2,2-3H3. The average molecular weight is 153 g/mol. The third-order valence-corrected chi connectivity index (χ3v) is 1.29. The molecule has 0 bridgehead atoms. The molecule has 2 heteroatoms. The van der Waals surface area contributed by atoms with Gasteiger partial charge < -0.3 is 5.32 Å². The molecule has 0 amide bonds. The fourth-order valence-electron chi connectivity index (χ4n) is 0.712. The molecule has 11 heavy (non-hydrogen) atoms. The minimum absolute atomic E-state index is 0.101.